The number of halogens is 1. The molecular formula is C24H30ClN3O. The Kier molecular flexibility index (Phi) is 5.49. The Hall–Kier alpha value is -1.65. The zero-order chi connectivity index (χ0) is 19.8. The topological polar surface area (TPSA) is 36.4 Å². The van der Waals surface area contributed by atoms with Gasteiger partial charge in [-0.1, -0.05) is 36.9 Å². The fraction of sp³-hybridized carbons (Fsp3) is 0.583. The van der Waals surface area contributed by atoms with Crippen molar-refractivity contribution >= 4 is 28.4 Å². The Labute approximate surface area is 178 Å². The van der Waals surface area contributed by atoms with Crippen LogP contribution in [-0.4, -0.2) is 52.9 Å². The van der Waals surface area contributed by atoms with Crippen LogP contribution in [0, 0.1) is 0 Å². The van der Waals surface area contributed by atoms with Gasteiger partial charge >= 0.3 is 0 Å². The molecule has 2 heterocycles. The SMILES string of the molecule is O=C(c1ccc2c(Cl)c3c(nc2c1)CCCC3)N1CCN(C2CCCCC2)CC1. The van der Waals surface area contributed by atoms with E-state index in [1.165, 1.54) is 50.5 Å². The minimum absolute atomic E-state index is 0.130. The number of nitrogens with zero attached hydrogens (tertiary/aromatic N) is 3. The smallest absolute Gasteiger partial charge is 0.254 e. The van der Waals surface area contributed by atoms with Gasteiger partial charge in [-0.15, -0.1) is 0 Å². The maximum absolute atomic E-state index is 13.1. The van der Waals surface area contributed by atoms with Crippen LogP contribution in [0.1, 0.15) is 66.6 Å². The molecule has 5 heteroatoms. The zero-order valence-corrected chi connectivity index (χ0v) is 17.9. The molecule has 2 fully saturated rings. The van der Waals surface area contributed by atoms with Crippen molar-refractivity contribution in [2.24, 2.45) is 0 Å². The van der Waals surface area contributed by atoms with Gasteiger partial charge in [0, 0.05) is 48.9 Å². The van der Waals surface area contributed by atoms with Gasteiger partial charge in [0.1, 0.15) is 0 Å². The van der Waals surface area contributed by atoms with Gasteiger partial charge in [-0.2, -0.15) is 0 Å². The van der Waals surface area contributed by atoms with E-state index in [9.17, 15) is 4.79 Å². The summed E-state index contributed by atoms with van der Waals surface area (Å²) in [6.45, 7) is 3.65. The van der Waals surface area contributed by atoms with Gasteiger partial charge in [-0.05, 0) is 56.2 Å². The predicted octanol–water partition coefficient (Wildman–Crippen LogP) is 4.86. The first-order valence-corrected chi connectivity index (χ1v) is 11.7. The summed E-state index contributed by atoms with van der Waals surface area (Å²) in [5.41, 5.74) is 3.94. The molecular weight excluding hydrogens is 382 g/mol. The fourth-order valence-electron chi connectivity index (χ4n) is 5.42. The van der Waals surface area contributed by atoms with E-state index < -0.39 is 0 Å². The third-order valence-electron chi connectivity index (χ3n) is 7.13. The van der Waals surface area contributed by atoms with Crippen LogP contribution in [0.4, 0.5) is 0 Å². The van der Waals surface area contributed by atoms with Crippen molar-refractivity contribution in [1.29, 1.82) is 0 Å². The number of carbonyl (C=O) groups is 1. The number of aromatic nitrogens is 1. The lowest BCUT2D eigenvalue weighted by Gasteiger charge is -2.40. The van der Waals surface area contributed by atoms with Crippen LogP contribution >= 0.6 is 11.6 Å². The number of rotatable bonds is 2. The number of benzene rings is 1. The second kappa shape index (κ2) is 8.23. The number of hydrogen-bond acceptors (Lipinski definition) is 3. The summed E-state index contributed by atoms with van der Waals surface area (Å²) in [5, 5.41) is 1.82. The first-order chi connectivity index (χ1) is 14.2. The molecule has 154 valence electrons. The van der Waals surface area contributed by atoms with Crippen LogP contribution in [-0.2, 0) is 12.8 Å². The molecule has 1 saturated carbocycles. The molecule has 0 spiro atoms. The molecule has 0 atom stereocenters. The minimum atomic E-state index is 0.130. The van der Waals surface area contributed by atoms with E-state index in [4.69, 9.17) is 16.6 Å². The third-order valence-corrected chi connectivity index (χ3v) is 7.56. The second-order valence-corrected chi connectivity index (χ2v) is 9.29. The van der Waals surface area contributed by atoms with Crippen molar-refractivity contribution < 1.29 is 4.79 Å². The Bertz CT molecular complexity index is 914. The van der Waals surface area contributed by atoms with Crippen molar-refractivity contribution in [2.45, 2.75) is 63.8 Å². The first-order valence-electron chi connectivity index (χ1n) is 11.3. The third kappa shape index (κ3) is 3.77. The van der Waals surface area contributed by atoms with Crippen molar-refractivity contribution in [3.05, 3.63) is 40.0 Å². The number of fused-ring (bicyclic) bond motifs is 2. The van der Waals surface area contributed by atoms with E-state index >= 15 is 0 Å². The Morgan fingerprint density at radius 1 is 0.966 bits per heavy atom. The number of amides is 1. The van der Waals surface area contributed by atoms with Crippen LogP contribution < -0.4 is 0 Å². The molecule has 0 N–H and O–H groups in total. The average molecular weight is 412 g/mol. The van der Waals surface area contributed by atoms with E-state index in [1.54, 1.807) is 0 Å². The summed E-state index contributed by atoms with van der Waals surface area (Å²) in [6, 6.07) is 6.61. The molecule has 29 heavy (non-hydrogen) atoms. The van der Waals surface area contributed by atoms with Gasteiger partial charge in [0.2, 0.25) is 0 Å². The highest BCUT2D eigenvalue weighted by Crippen LogP contribution is 2.33. The second-order valence-electron chi connectivity index (χ2n) is 8.91. The van der Waals surface area contributed by atoms with Crippen LogP contribution in [0.25, 0.3) is 10.9 Å². The molecule has 0 bridgehead atoms. The summed E-state index contributed by atoms with van der Waals surface area (Å²) in [4.78, 5) is 22.6. The maximum atomic E-state index is 13.1. The Morgan fingerprint density at radius 3 is 2.52 bits per heavy atom. The summed E-state index contributed by atoms with van der Waals surface area (Å²) in [5.74, 6) is 0.130. The lowest BCUT2D eigenvalue weighted by molar-refractivity contribution is 0.0523. The maximum Gasteiger partial charge on any atom is 0.254 e. The van der Waals surface area contributed by atoms with Crippen molar-refractivity contribution in [3.63, 3.8) is 0 Å². The molecule has 3 aliphatic rings. The minimum Gasteiger partial charge on any atom is -0.336 e. The highest BCUT2D eigenvalue weighted by Gasteiger charge is 2.28. The van der Waals surface area contributed by atoms with Gasteiger partial charge in [-0.25, -0.2) is 0 Å². The molecule has 2 aliphatic carbocycles. The molecule has 1 saturated heterocycles. The monoisotopic (exact) mass is 411 g/mol. The molecule has 4 nitrogen and oxygen atoms in total. The molecule has 5 rings (SSSR count). The van der Waals surface area contributed by atoms with Crippen molar-refractivity contribution in [1.82, 2.24) is 14.8 Å². The van der Waals surface area contributed by atoms with E-state index in [0.29, 0.717) is 0 Å². The number of pyridine rings is 1. The van der Waals surface area contributed by atoms with E-state index in [-0.39, 0.29) is 5.91 Å². The normalized spacial score (nSPS) is 21.3. The van der Waals surface area contributed by atoms with Gasteiger partial charge in [0.15, 0.2) is 0 Å². The lowest BCUT2D eigenvalue weighted by Crippen LogP contribution is -2.52. The number of carbonyl (C=O) groups excluding carboxylic acids is 1. The number of aryl methyl sites for hydroxylation is 1. The molecule has 1 aromatic heterocycles. The summed E-state index contributed by atoms with van der Waals surface area (Å²) in [7, 11) is 0. The molecule has 1 aromatic carbocycles. The van der Waals surface area contributed by atoms with Gasteiger partial charge in [-0.3, -0.25) is 14.7 Å². The predicted molar refractivity (Wildman–Crippen MR) is 118 cm³/mol. The van der Waals surface area contributed by atoms with Crippen LogP contribution in [0.5, 0.6) is 0 Å². The van der Waals surface area contributed by atoms with Gasteiger partial charge in [0.05, 0.1) is 10.5 Å². The van der Waals surface area contributed by atoms with Crippen molar-refractivity contribution in [2.75, 3.05) is 26.2 Å². The molecule has 2 aromatic rings. The largest absolute Gasteiger partial charge is 0.336 e. The van der Waals surface area contributed by atoms with Crippen LogP contribution in [0.2, 0.25) is 5.02 Å². The highest BCUT2D eigenvalue weighted by atomic mass is 35.5. The number of hydrogen-bond donors (Lipinski definition) is 0. The summed E-state index contributed by atoms with van der Waals surface area (Å²) >= 11 is 6.69. The highest BCUT2D eigenvalue weighted by molar-refractivity contribution is 6.36. The fourth-order valence-corrected chi connectivity index (χ4v) is 5.78. The van der Waals surface area contributed by atoms with Crippen LogP contribution in [0.3, 0.4) is 0 Å². The van der Waals surface area contributed by atoms with E-state index in [2.05, 4.69) is 4.90 Å². The zero-order valence-electron chi connectivity index (χ0n) is 17.1. The van der Waals surface area contributed by atoms with Gasteiger partial charge in [0.25, 0.3) is 5.91 Å². The quantitative estimate of drug-likeness (QED) is 0.708. The lowest BCUT2D eigenvalue weighted by atomic mass is 9.93. The molecule has 1 aliphatic heterocycles. The number of piperazine rings is 1. The molecule has 1 amide bonds. The van der Waals surface area contributed by atoms with Gasteiger partial charge < -0.3 is 4.90 Å². The van der Waals surface area contributed by atoms with E-state index in [0.717, 1.165) is 72.2 Å². The summed E-state index contributed by atoms with van der Waals surface area (Å²) < 4.78 is 0. The van der Waals surface area contributed by atoms with E-state index in [1.807, 2.05) is 23.1 Å². The Balaban J connectivity index is 1.32. The van der Waals surface area contributed by atoms with Crippen LogP contribution in [0.15, 0.2) is 18.2 Å². The van der Waals surface area contributed by atoms with Crippen molar-refractivity contribution in [3.8, 4) is 0 Å². The summed E-state index contributed by atoms with van der Waals surface area (Å²) in [6.07, 6.45) is 11.1. The average Bonchev–Trinajstić information content (AvgIpc) is 2.79. The Morgan fingerprint density at radius 2 is 1.72 bits per heavy atom. The first kappa shape index (κ1) is 19.3. The molecule has 0 radical (unpaired) electrons. The molecule has 0 unspecified atom stereocenters. The standard InChI is InChI=1S/C24H30ClN3O/c25-23-19-8-4-5-9-21(19)26-22-16-17(10-11-20(22)23)24(29)28-14-12-27(13-15-28)18-6-2-1-3-7-18/h10-11,16,18H,1-9,12-15H2.